The lowest BCUT2D eigenvalue weighted by Gasteiger charge is -2.38. The molecule has 0 radical (unpaired) electrons. The fraction of sp³-hybridized carbons (Fsp3) is 0.462. The first-order valence-electron chi connectivity index (χ1n) is 5.82. The van der Waals surface area contributed by atoms with Crippen LogP contribution in [0, 0.1) is 0 Å². The van der Waals surface area contributed by atoms with E-state index in [1.807, 2.05) is 0 Å². The first kappa shape index (κ1) is 12.0. The summed E-state index contributed by atoms with van der Waals surface area (Å²) in [5.74, 6) is 0.783. The zero-order valence-electron chi connectivity index (χ0n) is 9.64. The number of hydrogen-bond acceptors (Lipinski definition) is 3. The molecule has 2 rings (SSSR count). The van der Waals surface area contributed by atoms with Gasteiger partial charge in [-0.1, -0.05) is 0 Å². The number of alkyl halides is 1. The predicted octanol–water partition coefficient (Wildman–Crippen LogP) is 1.92. The van der Waals surface area contributed by atoms with Crippen molar-refractivity contribution in [3.8, 4) is 5.75 Å². The smallest absolute Gasteiger partial charge is 0.150 e. The molecule has 0 spiro atoms. The van der Waals surface area contributed by atoms with Crippen LogP contribution in [0.2, 0.25) is 0 Å². The summed E-state index contributed by atoms with van der Waals surface area (Å²) in [6.45, 7) is 2.26. The van der Waals surface area contributed by atoms with Gasteiger partial charge < -0.3 is 4.74 Å². The second kappa shape index (κ2) is 5.77. The van der Waals surface area contributed by atoms with Gasteiger partial charge in [0.05, 0.1) is 6.67 Å². The van der Waals surface area contributed by atoms with E-state index >= 15 is 0 Å². The van der Waals surface area contributed by atoms with Crippen LogP contribution in [0.1, 0.15) is 16.8 Å². The summed E-state index contributed by atoms with van der Waals surface area (Å²) in [4.78, 5) is 12.6. The Morgan fingerprint density at radius 1 is 1.35 bits per heavy atom. The molecule has 1 heterocycles. The van der Waals surface area contributed by atoms with Gasteiger partial charge in [-0.15, -0.1) is 0 Å². The van der Waals surface area contributed by atoms with Crippen molar-refractivity contribution in [2.24, 2.45) is 0 Å². The number of aldehydes is 1. The molecule has 1 aromatic rings. The van der Waals surface area contributed by atoms with E-state index in [4.69, 9.17) is 4.74 Å². The lowest BCUT2D eigenvalue weighted by Crippen LogP contribution is -2.53. The van der Waals surface area contributed by atoms with Crippen LogP contribution >= 0.6 is 0 Å². The number of hydrogen-bond donors (Lipinski definition) is 0. The van der Waals surface area contributed by atoms with Crippen LogP contribution in [0.15, 0.2) is 24.3 Å². The Morgan fingerprint density at radius 3 is 2.65 bits per heavy atom. The van der Waals surface area contributed by atoms with E-state index in [1.165, 1.54) is 0 Å². The highest BCUT2D eigenvalue weighted by Crippen LogP contribution is 2.18. The fourth-order valence-electron chi connectivity index (χ4n) is 1.88. The quantitative estimate of drug-likeness (QED) is 0.708. The van der Waals surface area contributed by atoms with Gasteiger partial charge >= 0.3 is 0 Å². The number of halogens is 1. The van der Waals surface area contributed by atoms with Crippen molar-refractivity contribution >= 4 is 6.29 Å². The largest absolute Gasteiger partial charge is 0.488 e. The maximum absolute atomic E-state index is 11.9. The van der Waals surface area contributed by atoms with Gasteiger partial charge in [-0.2, -0.15) is 0 Å². The highest BCUT2D eigenvalue weighted by molar-refractivity contribution is 5.74. The highest BCUT2D eigenvalue weighted by atomic mass is 19.1. The molecule has 17 heavy (non-hydrogen) atoms. The minimum Gasteiger partial charge on any atom is -0.488 e. The lowest BCUT2D eigenvalue weighted by atomic mass is 10.1. The molecule has 1 aliphatic rings. The third kappa shape index (κ3) is 3.27. The van der Waals surface area contributed by atoms with E-state index in [0.29, 0.717) is 12.0 Å². The average molecular weight is 237 g/mol. The molecular formula is C13H16FNO2. The Morgan fingerprint density at radius 2 is 2.06 bits per heavy atom. The molecule has 3 nitrogen and oxygen atoms in total. The molecule has 1 fully saturated rings. The molecular weight excluding hydrogens is 221 g/mol. The monoisotopic (exact) mass is 237 g/mol. The number of likely N-dealkylation sites (tertiary alicyclic amines) is 1. The molecule has 4 heteroatoms. The molecule has 1 aliphatic heterocycles. The number of ether oxygens (including phenoxy) is 1. The highest BCUT2D eigenvalue weighted by Gasteiger charge is 2.27. The number of nitrogens with zero attached hydrogens (tertiary/aromatic N) is 1. The average Bonchev–Trinajstić information content (AvgIpc) is 2.32. The Bertz CT molecular complexity index is 360. The molecule has 0 bridgehead atoms. The Hall–Kier alpha value is -1.42. The first-order chi connectivity index (χ1) is 8.31. The van der Waals surface area contributed by atoms with Crippen LogP contribution in [0.25, 0.3) is 0 Å². The van der Waals surface area contributed by atoms with Gasteiger partial charge in [0.1, 0.15) is 18.1 Å². The van der Waals surface area contributed by atoms with Crippen molar-refractivity contribution in [2.75, 3.05) is 26.3 Å². The zero-order chi connectivity index (χ0) is 12.1. The molecule has 0 amide bonds. The van der Waals surface area contributed by atoms with E-state index in [9.17, 15) is 9.18 Å². The lowest BCUT2D eigenvalue weighted by molar-refractivity contribution is 0.0184. The van der Waals surface area contributed by atoms with Crippen LogP contribution in [0.5, 0.6) is 5.75 Å². The Kier molecular flexibility index (Phi) is 4.09. The maximum Gasteiger partial charge on any atom is 0.150 e. The molecule has 0 aliphatic carbocycles. The van der Waals surface area contributed by atoms with Crippen molar-refractivity contribution in [3.05, 3.63) is 29.8 Å². The van der Waals surface area contributed by atoms with Crippen LogP contribution < -0.4 is 4.74 Å². The van der Waals surface area contributed by atoms with Gasteiger partial charge in [-0.3, -0.25) is 14.1 Å². The molecule has 0 N–H and O–H groups in total. The van der Waals surface area contributed by atoms with E-state index < -0.39 is 0 Å². The van der Waals surface area contributed by atoms with Crippen molar-refractivity contribution < 1.29 is 13.9 Å². The van der Waals surface area contributed by atoms with Crippen LogP contribution in [0.3, 0.4) is 0 Å². The normalized spacial score (nSPS) is 16.5. The zero-order valence-corrected chi connectivity index (χ0v) is 9.64. The fourth-order valence-corrected chi connectivity index (χ4v) is 1.88. The summed E-state index contributed by atoms with van der Waals surface area (Å²) >= 11 is 0. The predicted molar refractivity (Wildman–Crippen MR) is 63.3 cm³/mol. The minimum absolute atomic E-state index is 0.191. The van der Waals surface area contributed by atoms with E-state index in [-0.39, 0.29) is 12.8 Å². The molecule has 0 aromatic heterocycles. The maximum atomic E-state index is 11.9. The first-order valence-corrected chi connectivity index (χ1v) is 5.82. The number of carbonyl (C=O) groups is 1. The van der Waals surface area contributed by atoms with Crippen molar-refractivity contribution in [1.82, 2.24) is 4.90 Å². The molecule has 1 aromatic carbocycles. The SMILES string of the molecule is O=Cc1ccc(OC2CN(CCCF)C2)cc1. The summed E-state index contributed by atoms with van der Waals surface area (Å²) in [5, 5.41) is 0. The minimum atomic E-state index is -0.255. The number of rotatable bonds is 6. The van der Waals surface area contributed by atoms with Crippen molar-refractivity contribution in [2.45, 2.75) is 12.5 Å². The molecule has 0 atom stereocenters. The topological polar surface area (TPSA) is 29.5 Å². The molecule has 0 saturated carbocycles. The van der Waals surface area contributed by atoms with Crippen molar-refractivity contribution in [1.29, 1.82) is 0 Å². The molecule has 92 valence electrons. The van der Waals surface area contributed by atoms with Crippen LogP contribution in [-0.4, -0.2) is 43.6 Å². The van der Waals surface area contributed by atoms with E-state index in [1.54, 1.807) is 24.3 Å². The van der Waals surface area contributed by atoms with Gasteiger partial charge in [-0.25, -0.2) is 0 Å². The van der Waals surface area contributed by atoms with E-state index in [0.717, 1.165) is 31.7 Å². The van der Waals surface area contributed by atoms with Crippen LogP contribution in [-0.2, 0) is 0 Å². The Balaban J connectivity index is 1.73. The van der Waals surface area contributed by atoms with Crippen LogP contribution in [0.4, 0.5) is 4.39 Å². The summed E-state index contributed by atoms with van der Waals surface area (Å²) in [6.07, 6.45) is 1.60. The third-order valence-electron chi connectivity index (χ3n) is 2.85. The van der Waals surface area contributed by atoms with Crippen molar-refractivity contribution in [3.63, 3.8) is 0 Å². The standard InChI is InChI=1S/C13H16FNO2/c14-6-1-7-15-8-13(9-15)17-12-4-2-11(10-16)3-5-12/h2-5,10,13H,1,6-9H2. The number of carbonyl (C=O) groups excluding carboxylic acids is 1. The summed E-state index contributed by atoms with van der Waals surface area (Å²) in [6, 6.07) is 7.08. The van der Waals surface area contributed by atoms with E-state index in [2.05, 4.69) is 4.90 Å². The molecule has 0 unspecified atom stereocenters. The Labute approximate surface area is 100 Å². The van der Waals surface area contributed by atoms with Gasteiger partial charge in [-0.05, 0) is 30.7 Å². The second-order valence-corrected chi connectivity index (χ2v) is 4.23. The van der Waals surface area contributed by atoms with Gasteiger partial charge in [0, 0.05) is 25.2 Å². The summed E-state index contributed by atoms with van der Waals surface area (Å²) < 4.78 is 17.7. The van der Waals surface area contributed by atoms with Gasteiger partial charge in [0.15, 0.2) is 0 Å². The molecule has 1 saturated heterocycles. The summed E-state index contributed by atoms with van der Waals surface area (Å²) in [5.41, 5.74) is 0.649. The number of benzene rings is 1. The summed E-state index contributed by atoms with van der Waals surface area (Å²) in [7, 11) is 0. The van der Waals surface area contributed by atoms with Gasteiger partial charge in [0.25, 0.3) is 0 Å². The second-order valence-electron chi connectivity index (χ2n) is 4.23. The third-order valence-corrected chi connectivity index (χ3v) is 2.85. The van der Waals surface area contributed by atoms with Gasteiger partial charge in [0.2, 0.25) is 0 Å².